The maximum Gasteiger partial charge on any atom is 0.253 e. The first-order valence-corrected chi connectivity index (χ1v) is 5.68. The average molecular weight is 256 g/mol. The van der Waals surface area contributed by atoms with Crippen molar-refractivity contribution < 1.29 is 18.3 Å². The highest BCUT2D eigenvalue weighted by atomic mass is 19.1. The second kappa shape index (κ2) is 4.89. The van der Waals surface area contributed by atoms with Crippen molar-refractivity contribution in [3.05, 3.63) is 23.8 Å². The number of nitrogens with one attached hydrogen (secondary N) is 1. The van der Waals surface area contributed by atoms with Crippen LogP contribution in [0, 0.1) is 11.6 Å². The van der Waals surface area contributed by atoms with Gasteiger partial charge in [0.1, 0.15) is 17.7 Å². The number of nitrogens with two attached hydrogens (primary N) is 1. The molecule has 2 unspecified atom stereocenters. The number of hydrogen-bond donors (Lipinski definition) is 2. The molecule has 0 radical (unpaired) electrons. The third-order valence-electron chi connectivity index (χ3n) is 2.87. The lowest BCUT2D eigenvalue weighted by Gasteiger charge is -2.12. The van der Waals surface area contributed by atoms with E-state index in [4.69, 9.17) is 10.5 Å². The van der Waals surface area contributed by atoms with Crippen LogP contribution in [0.25, 0.3) is 0 Å². The van der Waals surface area contributed by atoms with Crippen molar-refractivity contribution in [2.24, 2.45) is 0 Å². The van der Waals surface area contributed by atoms with Gasteiger partial charge in [0, 0.05) is 6.07 Å². The minimum Gasteiger partial charge on any atom is -0.396 e. The standard InChI is InChI=1S/C12H14F2N2O2/c1-6-2-3-11(18-6)12(17)16-10-5-9(15)7(13)4-8(10)14/h4-6,11H,2-3,15H2,1H3,(H,16,17). The zero-order chi connectivity index (χ0) is 13.3. The second-order valence-corrected chi connectivity index (χ2v) is 4.36. The van der Waals surface area contributed by atoms with Gasteiger partial charge in [-0.25, -0.2) is 8.78 Å². The van der Waals surface area contributed by atoms with Crippen molar-refractivity contribution in [3.63, 3.8) is 0 Å². The Kier molecular flexibility index (Phi) is 3.47. The van der Waals surface area contributed by atoms with E-state index >= 15 is 0 Å². The van der Waals surface area contributed by atoms with Crippen LogP contribution in [0.3, 0.4) is 0 Å². The van der Waals surface area contributed by atoms with E-state index in [-0.39, 0.29) is 17.5 Å². The number of carbonyl (C=O) groups excluding carboxylic acids is 1. The third kappa shape index (κ3) is 2.59. The third-order valence-corrected chi connectivity index (χ3v) is 2.87. The molecule has 0 aromatic heterocycles. The number of amides is 1. The molecular formula is C12H14F2N2O2. The summed E-state index contributed by atoms with van der Waals surface area (Å²) in [4.78, 5) is 11.8. The SMILES string of the molecule is CC1CCC(C(=O)Nc2cc(N)c(F)cc2F)O1. The summed E-state index contributed by atoms with van der Waals surface area (Å²) < 4.78 is 31.7. The molecule has 2 atom stereocenters. The lowest BCUT2D eigenvalue weighted by atomic mass is 10.2. The Balaban J connectivity index is 2.09. The van der Waals surface area contributed by atoms with Crippen molar-refractivity contribution in [2.75, 3.05) is 11.1 Å². The summed E-state index contributed by atoms with van der Waals surface area (Å²) in [7, 11) is 0. The molecule has 1 fully saturated rings. The van der Waals surface area contributed by atoms with Gasteiger partial charge in [-0.3, -0.25) is 4.79 Å². The lowest BCUT2D eigenvalue weighted by molar-refractivity contribution is -0.126. The zero-order valence-corrected chi connectivity index (χ0v) is 9.87. The van der Waals surface area contributed by atoms with Gasteiger partial charge < -0.3 is 15.8 Å². The van der Waals surface area contributed by atoms with Crippen LogP contribution in [0.4, 0.5) is 20.2 Å². The fourth-order valence-corrected chi connectivity index (χ4v) is 1.87. The van der Waals surface area contributed by atoms with E-state index in [2.05, 4.69) is 5.32 Å². The van der Waals surface area contributed by atoms with Gasteiger partial charge in [-0.2, -0.15) is 0 Å². The lowest BCUT2D eigenvalue weighted by Crippen LogP contribution is -2.28. The number of benzene rings is 1. The van der Waals surface area contributed by atoms with Gasteiger partial charge in [-0.05, 0) is 25.8 Å². The predicted molar refractivity (Wildman–Crippen MR) is 63.0 cm³/mol. The summed E-state index contributed by atoms with van der Waals surface area (Å²) in [5, 5.41) is 2.36. The molecule has 1 saturated heterocycles. The van der Waals surface area contributed by atoms with Crippen LogP contribution in [0.2, 0.25) is 0 Å². The van der Waals surface area contributed by atoms with E-state index in [1.54, 1.807) is 0 Å². The highest BCUT2D eigenvalue weighted by Gasteiger charge is 2.28. The first-order chi connectivity index (χ1) is 8.47. The molecule has 1 aliphatic rings. The average Bonchev–Trinajstić information content (AvgIpc) is 2.73. The van der Waals surface area contributed by atoms with Gasteiger partial charge in [0.05, 0.1) is 17.5 Å². The molecule has 1 heterocycles. The number of ether oxygens (including phenoxy) is 1. The summed E-state index contributed by atoms with van der Waals surface area (Å²) in [6.07, 6.45) is 0.798. The van der Waals surface area contributed by atoms with Crippen molar-refractivity contribution in [3.8, 4) is 0 Å². The zero-order valence-electron chi connectivity index (χ0n) is 9.87. The van der Waals surface area contributed by atoms with Crippen LogP contribution in [-0.4, -0.2) is 18.1 Å². The van der Waals surface area contributed by atoms with E-state index in [0.29, 0.717) is 12.5 Å². The summed E-state index contributed by atoms with van der Waals surface area (Å²) >= 11 is 0. The molecule has 0 aliphatic carbocycles. The normalized spacial score (nSPS) is 23.1. The molecule has 18 heavy (non-hydrogen) atoms. The molecule has 6 heteroatoms. The number of anilines is 2. The molecule has 0 bridgehead atoms. The topological polar surface area (TPSA) is 64.4 Å². The molecule has 98 valence electrons. The van der Waals surface area contributed by atoms with Crippen LogP contribution in [0.1, 0.15) is 19.8 Å². The Bertz CT molecular complexity index is 479. The van der Waals surface area contributed by atoms with Crippen LogP contribution >= 0.6 is 0 Å². The molecule has 1 aromatic rings. The quantitative estimate of drug-likeness (QED) is 0.796. The molecule has 0 saturated carbocycles. The van der Waals surface area contributed by atoms with Crippen molar-refractivity contribution in [2.45, 2.75) is 32.0 Å². The van der Waals surface area contributed by atoms with Crippen LogP contribution in [-0.2, 0) is 9.53 Å². The Morgan fingerprint density at radius 3 is 2.72 bits per heavy atom. The number of halogens is 2. The largest absolute Gasteiger partial charge is 0.396 e. The van der Waals surface area contributed by atoms with Gasteiger partial charge in [-0.1, -0.05) is 0 Å². The molecule has 1 aromatic carbocycles. The molecule has 2 rings (SSSR count). The van der Waals surface area contributed by atoms with Crippen LogP contribution in [0.5, 0.6) is 0 Å². The van der Waals surface area contributed by atoms with Gasteiger partial charge in [0.2, 0.25) is 0 Å². The van der Waals surface area contributed by atoms with E-state index in [9.17, 15) is 13.6 Å². The van der Waals surface area contributed by atoms with Gasteiger partial charge in [0.15, 0.2) is 0 Å². The fourth-order valence-electron chi connectivity index (χ4n) is 1.87. The Morgan fingerprint density at radius 2 is 2.11 bits per heavy atom. The first-order valence-electron chi connectivity index (χ1n) is 5.68. The van der Waals surface area contributed by atoms with Crippen molar-refractivity contribution >= 4 is 17.3 Å². The van der Waals surface area contributed by atoms with Crippen molar-refractivity contribution in [1.29, 1.82) is 0 Å². The van der Waals surface area contributed by atoms with Gasteiger partial charge in [0.25, 0.3) is 5.91 Å². The van der Waals surface area contributed by atoms with E-state index in [1.165, 1.54) is 0 Å². The highest BCUT2D eigenvalue weighted by molar-refractivity contribution is 5.94. The number of rotatable bonds is 2. The maximum atomic E-state index is 13.4. The predicted octanol–water partition coefficient (Wildman–Crippen LogP) is 2.05. The molecule has 0 spiro atoms. The highest BCUT2D eigenvalue weighted by Crippen LogP contribution is 2.24. The number of hydrogen-bond acceptors (Lipinski definition) is 3. The van der Waals surface area contributed by atoms with E-state index in [1.807, 2.05) is 6.92 Å². The van der Waals surface area contributed by atoms with Gasteiger partial charge >= 0.3 is 0 Å². The second-order valence-electron chi connectivity index (χ2n) is 4.36. The molecule has 4 nitrogen and oxygen atoms in total. The summed E-state index contributed by atoms with van der Waals surface area (Å²) in [6.45, 7) is 1.86. The molecule has 3 N–H and O–H groups in total. The summed E-state index contributed by atoms with van der Waals surface area (Å²) in [6, 6.07) is 1.70. The smallest absolute Gasteiger partial charge is 0.253 e. The van der Waals surface area contributed by atoms with E-state index < -0.39 is 23.6 Å². The minimum atomic E-state index is -0.860. The van der Waals surface area contributed by atoms with Crippen LogP contribution < -0.4 is 11.1 Å². The summed E-state index contributed by atoms with van der Waals surface area (Å²) in [5.41, 5.74) is 4.96. The summed E-state index contributed by atoms with van der Waals surface area (Å²) in [5.74, 6) is -2.15. The maximum absolute atomic E-state index is 13.4. The van der Waals surface area contributed by atoms with Crippen molar-refractivity contribution in [1.82, 2.24) is 0 Å². The Morgan fingerprint density at radius 1 is 1.39 bits per heavy atom. The monoisotopic (exact) mass is 256 g/mol. The minimum absolute atomic E-state index is 0.0175. The fraction of sp³-hybridized carbons (Fsp3) is 0.417. The molecule has 1 aliphatic heterocycles. The Hall–Kier alpha value is -1.69. The number of carbonyl (C=O) groups is 1. The number of nitrogen functional groups attached to an aromatic ring is 1. The van der Waals surface area contributed by atoms with E-state index in [0.717, 1.165) is 12.5 Å². The Labute approximate surface area is 103 Å². The molecular weight excluding hydrogens is 242 g/mol. The first kappa shape index (κ1) is 12.8. The van der Waals surface area contributed by atoms with Gasteiger partial charge in [-0.15, -0.1) is 0 Å². The molecule has 1 amide bonds. The van der Waals surface area contributed by atoms with Crippen LogP contribution in [0.15, 0.2) is 12.1 Å².